The van der Waals surface area contributed by atoms with Gasteiger partial charge in [-0.2, -0.15) is 0 Å². The second-order valence-electron chi connectivity index (χ2n) is 5.27. The summed E-state index contributed by atoms with van der Waals surface area (Å²) < 4.78 is 5.11. The zero-order valence-electron chi connectivity index (χ0n) is 11.9. The third kappa shape index (κ3) is 4.31. The van der Waals surface area contributed by atoms with Gasteiger partial charge in [-0.15, -0.1) is 0 Å². The van der Waals surface area contributed by atoms with Crippen LogP contribution >= 0.6 is 0 Å². The fourth-order valence-electron chi connectivity index (χ4n) is 1.60. The first-order chi connectivity index (χ1) is 8.47. The summed E-state index contributed by atoms with van der Waals surface area (Å²) in [5, 5.41) is 13.6. The summed E-state index contributed by atoms with van der Waals surface area (Å²) in [5.74, 6) is 0.219. The molecule has 102 valence electrons. The van der Waals surface area contributed by atoms with Crippen LogP contribution in [0, 0.1) is 5.92 Å². The molecule has 0 spiro atoms. The maximum atomic E-state index is 10.2. The van der Waals surface area contributed by atoms with Gasteiger partial charge in [0, 0.05) is 19.3 Å². The van der Waals surface area contributed by atoms with Crippen molar-refractivity contribution >= 4 is 5.69 Å². The van der Waals surface area contributed by atoms with E-state index in [1.54, 1.807) is 7.11 Å². The molecule has 1 unspecified atom stereocenters. The van der Waals surface area contributed by atoms with Crippen molar-refractivity contribution < 1.29 is 9.84 Å². The number of para-hydroxylation sites is 1. The van der Waals surface area contributed by atoms with Gasteiger partial charge in [0.25, 0.3) is 0 Å². The molecule has 1 rings (SSSR count). The van der Waals surface area contributed by atoms with E-state index >= 15 is 0 Å². The molecular formula is C15H25NO2. The molecule has 0 aliphatic rings. The standard InChI is InChI=1S/C15H25NO2/c1-12(2)15(3,17)11-16-14-8-6-5-7-13(14)9-10-18-4/h5-8,12,16-17H,9-11H2,1-4H3. The number of benzene rings is 1. The van der Waals surface area contributed by atoms with E-state index < -0.39 is 5.60 Å². The monoisotopic (exact) mass is 251 g/mol. The van der Waals surface area contributed by atoms with Crippen LogP contribution in [0.4, 0.5) is 5.69 Å². The molecule has 0 radical (unpaired) electrons. The van der Waals surface area contributed by atoms with Crippen molar-refractivity contribution in [1.29, 1.82) is 0 Å². The van der Waals surface area contributed by atoms with Crippen LogP contribution in [0.3, 0.4) is 0 Å². The van der Waals surface area contributed by atoms with Crippen LogP contribution in [0.15, 0.2) is 24.3 Å². The van der Waals surface area contributed by atoms with E-state index in [0.29, 0.717) is 13.2 Å². The van der Waals surface area contributed by atoms with Gasteiger partial charge in [-0.3, -0.25) is 0 Å². The number of ether oxygens (including phenoxy) is 1. The van der Waals surface area contributed by atoms with Crippen molar-refractivity contribution in [2.45, 2.75) is 32.8 Å². The molecule has 0 fully saturated rings. The zero-order chi connectivity index (χ0) is 13.6. The normalized spacial score (nSPS) is 14.6. The third-order valence-corrected chi connectivity index (χ3v) is 3.47. The molecule has 0 aromatic heterocycles. The lowest BCUT2D eigenvalue weighted by Crippen LogP contribution is -2.38. The van der Waals surface area contributed by atoms with E-state index in [1.165, 1.54) is 5.56 Å². The summed E-state index contributed by atoms with van der Waals surface area (Å²) in [4.78, 5) is 0. The fraction of sp³-hybridized carbons (Fsp3) is 0.600. The van der Waals surface area contributed by atoms with Crippen LogP contribution in [0.25, 0.3) is 0 Å². The largest absolute Gasteiger partial charge is 0.388 e. The number of hydrogen-bond donors (Lipinski definition) is 2. The molecule has 3 nitrogen and oxygen atoms in total. The maximum absolute atomic E-state index is 10.2. The Morgan fingerprint density at radius 1 is 1.33 bits per heavy atom. The first kappa shape index (κ1) is 15.0. The molecule has 1 aromatic rings. The van der Waals surface area contributed by atoms with E-state index in [4.69, 9.17) is 4.74 Å². The minimum absolute atomic E-state index is 0.219. The average Bonchev–Trinajstić information content (AvgIpc) is 2.34. The third-order valence-electron chi connectivity index (χ3n) is 3.47. The molecule has 0 heterocycles. The summed E-state index contributed by atoms with van der Waals surface area (Å²) in [7, 11) is 1.71. The highest BCUT2D eigenvalue weighted by atomic mass is 16.5. The Hall–Kier alpha value is -1.06. The predicted molar refractivity (Wildman–Crippen MR) is 76.0 cm³/mol. The number of methoxy groups -OCH3 is 1. The van der Waals surface area contributed by atoms with Crippen LogP contribution < -0.4 is 5.32 Å². The van der Waals surface area contributed by atoms with Crippen molar-refractivity contribution in [3.05, 3.63) is 29.8 Å². The molecule has 0 bridgehead atoms. The minimum Gasteiger partial charge on any atom is -0.388 e. The van der Waals surface area contributed by atoms with Crippen molar-refractivity contribution in [3.63, 3.8) is 0 Å². The van der Waals surface area contributed by atoms with E-state index in [1.807, 2.05) is 39.0 Å². The second-order valence-corrected chi connectivity index (χ2v) is 5.27. The van der Waals surface area contributed by atoms with Crippen LogP contribution in [-0.4, -0.2) is 31.0 Å². The summed E-state index contributed by atoms with van der Waals surface area (Å²) in [6.45, 7) is 7.17. The average molecular weight is 251 g/mol. The first-order valence-corrected chi connectivity index (χ1v) is 6.50. The Morgan fingerprint density at radius 3 is 2.61 bits per heavy atom. The highest BCUT2D eigenvalue weighted by Gasteiger charge is 2.24. The number of nitrogens with one attached hydrogen (secondary N) is 1. The Bertz CT molecular complexity index is 361. The van der Waals surface area contributed by atoms with Gasteiger partial charge < -0.3 is 15.2 Å². The quantitative estimate of drug-likeness (QED) is 0.783. The van der Waals surface area contributed by atoms with Gasteiger partial charge >= 0.3 is 0 Å². The van der Waals surface area contributed by atoms with Gasteiger partial charge in [-0.1, -0.05) is 32.0 Å². The van der Waals surface area contributed by atoms with Gasteiger partial charge in [0.05, 0.1) is 12.2 Å². The number of hydrogen-bond acceptors (Lipinski definition) is 3. The number of aliphatic hydroxyl groups is 1. The minimum atomic E-state index is -0.700. The Morgan fingerprint density at radius 2 is 2.00 bits per heavy atom. The van der Waals surface area contributed by atoms with Crippen molar-refractivity contribution in [2.75, 3.05) is 25.6 Å². The van der Waals surface area contributed by atoms with Gasteiger partial charge in [0.15, 0.2) is 0 Å². The van der Waals surface area contributed by atoms with Crippen LogP contribution in [0.5, 0.6) is 0 Å². The van der Waals surface area contributed by atoms with E-state index in [9.17, 15) is 5.11 Å². The van der Waals surface area contributed by atoms with Crippen LogP contribution in [0.1, 0.15) is 26.3 Å². The molecule has 0 saturated carbocycles. The zero-order valence-corrected chi connectivity index (χ0v) is 11.9. The van der Waals surface area contributed by atoms with Crippen LogP contribution in [0.2, 0.25) is 0 Å². The molecule has 3 heteroatoms. The highest BCUT2D eigenvalue weighted by Crippen LogP contribution is 2.20. The van der Waals surface area contributed by atoms with Crippen molar-refractivity contribution in [3.8, 4) is 0 Å². The summed E-state index contributed by atoms with van der Waals surface area (Å²) in [6.07, 6.45) is 0.878. The van der Waals surface area contributed by atoms with E-state index in [-0.39, 0.29) is 5.92 Å². The highest BCUT2D eigenvalue weighted by molar-refractivity contribution is 5.51. The lowest BCUT2D eigenvalue weighted by Gasteiger charge is -2.28. The van der Waals surface area contributed by atoms with E-state index in [0.717, 1.165) is 12.1 Å². The molecule has 0 saturated heterocycles. The molecule has 0 aliphatic carbocycles. The lowest BCUT2D eigenvalue weighted by molar-refractivity contribution is 0.0266. The topological polar surface area (TPSA) is 41.5 Å². The Labute approximate surface area is 110 Å². The molecule has 0 amide bonds. The lowest BCUT2D eigenvalue weighted by atomic mass is 9.92. The Kier molecular flexibility index (Phi) is 5.63. The molecule has 18 heavy (non-hydrogen) atoms. The summed E-state index contributed by atoms with van der Waals surface area (Å²) in [6, 6.07) is 8.16. The number of anilines is 1. The number of rotatable bonds is 7. The maximum Gasteiger partial charge on any atom is 0.0813 e. The fourth-order valence-corrected chi connectivity index (χ4v) is 1.60. The predicted octanol–water partition coefficient (Wildman–Crippen LogP) is 2.69. The second kappa shape index (κ2) is 6.76. The van der Waals surface area contributed by atoms with Gasteiger partial charge in [0.2, 0.25) is 0 Å². The van der Waals surface area contributed by atoms with Crippen molar-refractivity contribution in [1.82, 2.24) is 0 Å². The molecule has 2 N–H and O–H groups in total. The van der Waals surface area contributed by atoms with Gasteiger partial charge in [-0.05, 0) is 30.9 Å². The first-order valence-electron chi connectivity index (χ1n) is 6.50. The SMILES string of the molecule is COCCc1ccccc1NCC(C)(O)C(C)C. The summed E-state index contributed by atoms with van der Waals surface area (Å²) >= 11 is 0. The Balaban J connectivity index is 2.66. The molecule has 1 atom stereocenters. The van der Waals surface area contributed by atoms with E-state index in [2.05, 4.69) is 11.4 Å². The van der Waals surface area contributed by atoms with Gasteiger partial charge in [0.1, 0.15) is 0 Å². The molecular weight excluding hydrogens is 226 g/mol. The van der Waals surface area contributed by atoms with Gasteiger partial charge in [-0.25, -0.2) is 0 Å². The summed E-state index contributed by atoms with van der Waals surface area (Å²) in [5.41, 5.74) is 1.60. The van der Waals surface area contributed by atoms with Crippen LogP contribution in [-0.2, 0) is 11.2 Å². The smallest absolute Gasteiger partial charge is 0.0813 e. The van der Waals surface area contributed by atoms with Crippen molar-refractivity contribution in [2.24, 2.45) is 5.92 Å². The molecule has 1 aromatic carbocycles. The molecule has 0 aliphatic heterocycles.